The monoisotopic (exact) mass is 200 g/mol. The molecule has 0 bridgehead atoms. The minimum atomic E-state index is -0.902. The Morgan fingerprint density at radius 3 is 2.00 bits per heavy atom. The first-order valence-electron chi connectivity index (χ1n) is 4.57. The molecule has 0 saturated heterocycles. The number of aromatic hydroxyl groups is 1. The smallest absolute Gasteiger partial charge is 0.187 e. The summed E-state index contributed by atoms with van der Waals surface area (Å²) in [5.41, 5.74) is 0.280. The van der Waals surface area contributed by atoms with Crippen LogP contribution in [-0.4, -0.2) is 5.11 Å². The maximum Gasteiger partial charge on any atom is 0.187 e. The van der Waals surface area contributed by atoms with Crippen LogP contribution in [-0.2, 0) is 5.41 Å². The molecule has 1 aromatic carbocycles. The summed E-state index contributed by atoms with van der Waals surface area (Å²) in [5, 5.41) is 8.92. The molecule has 1 nitrogen and oxygen atoms in total. The Hall–Kier alpha value is -1.12. The number of phenolic OH excluding ortho intramolecular Hbond substituents is 1. The van der Waals surface area contributed by atoms with Crippen molar-refractivity contribution in [3.05, 3.63) is 29.3 Å². The zero-order valence-corrected chi connectivity index (χ0v) is 8.56. The van der Waals surface area contributed by atoms with Gasteiger partial charge in [0, 0.05) is 0 Å². The molecule has 0 atom stereocenters. The van der Waals surface area contributed by atoms with E-state index in [0.717, 1.165) is 6.42 Å². The second kappa shape index (κ2) is 3.56. The lowest BCUT2D eigenvalue weighted by Gasteiger charge is -2.23. The maximum absolute atomic E-state index is 13.0. The molecule has 0 aliphatic carbocycles. The Labute approximate surface area is 82.4 Å². The van der Waals surface area contributed by atoms with Gasteiger partial charge in [-0.05, 0) is 29.5 Å². The van der Waals surface area contributed by atoms with Gasteiger partial charge in [-0.1, -0.05) is 20.8 Å². The highest BCUT2D eigenvalue weighted by molar-refractivity contribution is 5.33. The van der Waals surface area contributed by atoms with Gasteiger partial charge < -0.3 is 5.11 Å². The molecular formula is C11H14F2O. The van der Waals surface area contributed by atoms with Gasteiger partial charge >= 0.3 is 0 Å². The summed E-state index contributed by atoms with van der Waals surface area (Å²) >= 11 is 0. The SMILES string of the molecule is CCC(C)(C)c1cc(F)c(O)c(F)c1. The normalized spacial score (nSPS) is 11.8. The first-order chi connectivity index (χ1) is 6.38. The topological polar surface area (TPSA) is 20.2 Å². The predicted octanol–water partition coefficient (Wildman–Crippen LogP) is 3.36. The van der Waals surface area contributed by atoms with Gasteiger partial charge in [0.2, 0.25) is 0 Å². The molecule has 0 radical (unpaired) electrons. The minimum Gasteiger partial charge on any atom is -0.503 e. The fraction of sp³-hybridized carbons (Fsp3) is 0.455. The number of hydrogen-bond donors (Lipinski definition) is 1. The van der Waals surface area contributed by atoms with E-state index >= 15 is 0 Å². The molecule has 1 N–H and O–H groups in total. The summed E-state index contributed by atoms with van der Waals surface area (Å²) in [7, 11) is 0. The van der Waals surface area contributed by atoms with Gasteiger partial charge in [-0.25, -0.2) is 8.78 Å². The molecule has 0 aliphatic heterocycles. The molecule has 14 heavy (non-hydrogen) atoms. The molecule has 3 heteroatoms. The molecule has 1 aromatic rings. The van der Waals surface area contributed by atoms with Crippen molar-refractivity contribution in [1.29, 1.82) is 0 Å². The quantitative estimate of drug-likeness (QED) is 0.776. The van der Waals surface area contributed by atoms with Crippen molar-refractivity contribution in [2.75, 3.05) is 0 Å². The van der Waals surface area contributed by atoms with Gasteiger partial charge in [0.25, 0.3) is 0 Å². The van der Waals surface area contributed by atoms with E-state index in [1.165, 1.54) is 12.1 Å². The van der Waals surface area contributed by atoms with Crippen molar-refractivity contribution in [1.82, 2.24) is 0 Å². The van der Waals surface area contributed by atoms with Crippen LogP contribution in [0.2, 0.25) is 0 Å². The van der Waals surface area contributed by atoms with E-state index in [2.05, 4.69) is 0 Å². The van der Waals surface area contributed by atoms with Crippen molar-refractivity contribution in [3.63, 3.8) is 0 Å². The molecule has 0 amide bonds. The number of halogens is 2. The summed E-state index contributed by atoms with van der Waals surface area (Å²) in [6, 6.07) is 2.36. The van der Waals surface area contributed by atoms with Crippen LogP contribution in [0.15, 0.2) is 12.1 Å². The van der Waals surface area contributed by atoms with E-state index in [0.29, 0.717) is 5.56 Å². The molecule has 1 rings (SSSR count). The summed E-state index contributed by atoms with van der Waals surface area (Å²) in [4.78, 5) is 0. The zero-order valence-electron chi connectivity index (χ0n) is 8.56. The van der Waals surface area contributed by atoms with Gasteiger partial charge in [0.1, 0.15) is 0 Å². The fourth-order valence-electron chi connectivity index (χ4n) is 1.16. The Kier molecular flexibility index (Phi) is 2.79. The van der Waals surface area contributed by atoms with Crippen LogP contribution in [0, 0.1) is 11.6 Å². The Morgan fingerprint density at radius 1 is 1.21 bits per heavy atom. The van der Waals surface area contributed by atoms with E-state index in [1.54, 1.807) is 0 Å². The average Bonchev–Trinajstić information content (AvgIpc) is 2.13. The second-order valence-electron chi connectivity index (χ2n) is 4.03. The molecule has 0 spiro atoms. The van der Waals surface area contributed by atoms with Crippen LogP contribution in [0.1, 0.15) is 32.8 Å². The van der Waals surface area contributed by atoms with Crippen LogP contribution in [0.5, 0.6) is 5.75 Å². The van der Waals surface area contributed by atoms with E-state index in [-0.39, 0.29) is 5.41 Å². The van der Waals surface area contributed by atoms with Crippen LogP contribution in [0.25, 0.3) is 0 Å². The van der Waals surface area contributed by atoms with Crippen molar-refractivity contribution >= 4 is 0 Å². The number of hydrogen-bond acceptors (Lipinski definition) is 1. The summed E-state index contributed by atoms with van der Waals surface area (Å²) in [6.45, 7) is 5.75. The third-order valence-corrected chi connectivity index (χ3v) is 2.68. The minimum absolute atomic E-state index is 0.282. The Bertz CT molecular complexity index is 322. The third kappa shape index (κ3) is 1.86. The molecule has 0 aromatic heterocycles. The number of rotatable bonds is 2. The van der Waals surface area contributed by atoms with Gasteiger partial charge in [-0.3, -0.25) is 0 Å². The third-order valence-electron chi connectivity index (χ3n) is 2.68. The lowest BCUT2D eigenvalue weighted by Crippen LogP contribution is -2.16. The summed E-state index contributed by atoms with van der Waals surface area (Å²) < 4.78 is 26.0. The molecule has 78 valence electrons. The number of phenols is 1. The van der Waals surface area contributed by atoms with Crippen molar-refractivity contribution < 1.29 is 13.9 Å². The van der Waals surface area contributed by atoms with Crippen LogP contribution in [0.3, 0.4) is 0 Å². The molecule has 0 heterocycles. The molecule has 0 aliphatic rings. The molecule has 0 fully saturated rings. The highest BCUT2D eigenvalue weighted by Gasteiger charge is 2.21. The van der Waals surface area contributed by atoms with Crippen LogP contribution >= 0.6 is 0 Å². The van der Waals surface area contributed by atoms with Crippen LogP contribution in [0.4, 0.5) is 8.78 Å². The van der Waals surface area contributed by atoms with E-state index < -0.39 is 17.4 Å². The van der Waals surface area contributed by atoms with Crippen molar-refractivity contribution in [2.24, 2.45) is 0 Å². The van der Waals surface area contributed by atoms with Crippen LogP contribution < -0.4 is 0 Å². The highest BCUT2D eigenvalue weighted by atomic mass is 19.1. The molecular weight excluding hydrogens is 186 g/mol. The fourth-order valence-corrected chi connectivity index (χ4v) is 1.16. The van der Waals surface area contributed by atoms with E-state index in [1.807, 2.05) is 20.8 Å². The highest BCUT2D eigenvalue weighted by Crippen LogP contribution is 2.31. The first kappa shape index (κ1) is 11.0. The maximum atomic E-state index is 13.0. The van der Waals surface area contributed by atoms with Gasteiger partial charge in [-0.15, -0.1) is 0 Å². The standard InChI is InChI=1S/C11H14F2O/c1-4-11(2,3)7-5-8(12)10(14)9(13)6-7/h5-6,14H,4H2,1-3H3. The lowest BCUT2D eigenvalue weighted by molar-refractivity contribution is 0.391. The molecule has 0 unspecified atom stereocenters. The van der Waals surface area contributed by atoms with E-state index in [9.17, 15) is 8.78 Å². The van der Waals surface area contributed by atoms with Gasteiger partial charge in [0.05, 0.1) is 0 Å². The molecule has 0 saturated carbocycles. The largest absolute Gasteiger partial charge is 0.503 e. The van der Waals surface area contributed by atoms with Crippen molar-refractivity contribution in [2.45, 2.75) is 32.6 Å². The average molecular weight is 200 g/mol. The zero-order chi connectivity index (χ0) is 10.9. The second-order valence-corrected chi connectivity index (χ2v) is 4.03. The summed E-state index contributed by atoms with van der Waals surface area (Å²) in [5.74, 6) is -2.70. The van der Waals surface area contributed by atoms with Gasteiger partial charge in [-0.2, -0.15) is 0 Å². The Balaban J connectivity index is 3.26. The van der Waals surface area contributed by atoms with E-state index in [4.69, 9.17) is 5.11 Å². The first-order valence-corrected chi connectivity index (χ1v) is 4.57. The lowest BCUT2D eigenvalue weighted by atomic mass is 9.82. The van der Waals surface area contributed by atoms with Gasteiger partial charge in [0.15, 0.2) is 17.4 Å². The number of benzene rings is 1. The van der Waals surface area contributed by atoms with Crippen molar-refractivity contribution in [3.8, 4) is 5.75 Å². The predicted molar refractivity (Wildman–Crippen MR) is 51.3 cm³/mol. The summed E-state index contributed by atoms with van der Waals surface area (Å²) in [6.07, 6.45) is 0.774. The Morgan fingerprint density at radius 2 is 1.64 bits per heavy atom.